The van der Waals surface area contributed by atoms with Gasteiger partial charge in [0.2, 0.25) is 0 Å². The number of amides is 1. The predicted molar refractivity (Wildman–Crippen MR) is 76.2 cm³/mol. The molecule has 1 N–H and O–H groups in total. The van der Waals surface area contributed by atoms with Crippen LogP contribution in [0.25, 0.3) is 0 Å². The highest BCUT2D eigenvalue weighted by atomic mass is 35.5. The molecule has 5 nitrogen and oxygen atoms in total. The third-order valence-electron chi connectivity index (χ3n) is 3.25. The first-order chi connectivity index (χ1) is 9.48. The quantitative estimate of drug-likeness (QED) is 0.848. The largest absolute Gasteiger partial charge is 0.481 e. The van der Waals surface area contributed by atoms with Crippen molar-refractivity contribution in [3.8, 4) is 0 Å². The fourth-order valence-electron chi connectivity index (χ4n) is 2.17. The molecule has 0 saturated carbocycles. The smallest absolute Gasteiger partial charge is 0.410 e. The van der Waals surface area contributed by atoms with Crippen LogP contribution in [0.5, 0.6) is 0 Å². The van der Waals surface area contributed by atoms with Gasteiger partial charge < -0.3 is 14.7 Å². The van der Waals surface area contributed by atoms with Crippen LogP contribution in [0.15, 0.2) is 24.1 Å². The summed E-state index contributed by atoms with van der Waals surface area (Å²) in [6.45, 7) is 3.82. The normalized spacial score (nSPS) is 16.4. The molecule has 2 rings (SSSR count). The van der Waals surface area contributed by atoms with E-state index in [0.717, 1.165) is 5.56 Å². The molecule has 108 valence electrons. The number of halogens is 1. The molecule has 0 unspecified atom stereocenters. The van der Waals surface area contributed by atoms with E-state index < -0.39 is 17.5 Å². The number of carbonyl (C=O) groups is 2. The van der Waals surface area contributed by atoms with Gasteiger partial charge in [0, 0.05) is 13.1 Å². The molecule has 2 heterocycles. The maximum Gasteiger partial charge on any atom is 0.410 e. The standard InChI is InChI=1S/C13H14ClNO4S/c1-2-4-19-12(18)15-7-13(8-15,11(16)17)6-9-3-5-20-10(9)14/h2-3,5H,1,4,6-8H2,(H,16,17). The van der Waals surface area contributed by atoms with Crippen LogP contribution >= 0.6 is 22.9 Å². The first-order valence-electron chi connectivity index (χ1n) is 5.96. The lowest BCUT2D eigenvalue weighted by atomic mass is 9.75. The Morgan fingerprint density at radius 1 is 1.60 bits per heavy atom. The molecule has 20 heavy (non-hydrogen) atoms. The molecule has 0 aliphatic carbocycles. The van der Waals surface area contributed by atoms with E-state index in [1.54, 1.807) is 0 Å². The van der Waals surface area contributed by atoms with Crippen LogP contribution in [0, 0.1) is 5.41 Å². The molecule has 7 heteroatoms. The summed E-state index contributed by atoms with van der Waals surface area (Å²) in [5, 5.41) is 11.2. The van der Waals surface area contributed by atoms with Crippen LogP contribution in [0.2, 0.25) is 4.34 Å². The molecule has 1 aromatic heterocycles. The van der Waals surface area contributed by atoms with E-state index in [1.807, 2.05) is 11.4 Å². The summed E-state index contributed by atoms with van der Waals surface area (Å²) >= 11 is 7.37. The zero-order valence-electron chi connectivity index (χ0n) is 10.7. The first kappa shape index (κ1) is 14.9. The van der Waals surface area contributed by atoms with Gasteiger partial charge in [0.25, 0.3) is 0 Å². The lowest BCUT2D eigenvalue weighted by Crippen LogP contribution is -2.63. The van der Waals surface area contributed by atoms with Gasteiger partial charge in [0.1, 0.15) is 12.0 Å². The molecule has 1 aromatic rings. The SMILES string of the molecule is C=CCOC(=O)N1CC(Cc2ccsc2Cl)(C(=O)O)C1. The van der Waals surface area contributed by atoms with Crippen molar-refractivity contribution >= 4 is 35.0 Å². The number of aliphatic carboxylic acids is 1. The van der Waals surface area contributed by atoms with Crippen LogP contribution in [0.4, 0.5) is 4.79 Å². The molecule has 0 radical (unpaired) electrons. The number of carboxylic acids is 1. The van der Waals surface area contributed by atoms with E-state index >= 15 is 0 Å². The van der Waals surface area contributed by atoms with Crippen molar-refractivity contribution in [2.75, 3.05) is 19.7 Å². The van der Waals surface area contributed by atoms with Gasteiger partial charge in [-0.15, -0.1) is 11.3 Å². The van der Waals surface area contributed by atoms with Crippen molar-refractivity contribution in [3.05, 3.63) is 34.0 Å². The third kappa shape index (κ3) is 2.81. The van der Waals surface area contributed by atoms with E-state index in [9.17, 15) is 14.7 Å². The maximum atomic E-state index is 11.6. The monoisotopic (exact) mass is 315 g/mol. The minimum atomic E-state index is -0.974. The molecule has 1 fully saturated rings. The lowest BCUT2D eigenvalue weighted by Gasteiger charge is -2.46. The predicted octanol–water partition coefficient (Wildman–Crippen LogP) is 2.65. The van der Waals surface area contributed by atoms with E-state index in [-0.39, 0.29) is 19.7 Å². The Bertz CT molecular complexity index is 536. The average Bonchev–Trinajstić information content (AvgIpc) is 2.75. The van der Waals surface area contributed by atoms with E-state index in [4.69, 9.17) is 16.3 Å². The number of thiophene rings is 1. The summed E-state index contributed by atoms with van der Waals surface area (Å²) in [6.07, 6.45) is 1.27. The number of ether oxygens (including phenoxy) is 1. The van der Waals surface area contributed by atoms with E-state index in [1.165, 1.54) is 22.3 Å². The fourth-order valence-corrected chi connectivity index (χ4v) is 3.10. The number of hydrogen-bond acceptors (Lipinski definition) is 4. The zero-order valence-corrected chi connectivity index (χ0v) is 12.2. The molecule has 0 bridgehead atoms. The van der Waals surface area contributed by atoms with Crippen molar-refractivity contribution in [1.29, 1.82) is 0 Å². The zero-order chi connectivity index (χ0) is 14.8. The first-order valence-corrected chi connectivity index (χ1v) is 7.22. The Morgan fingerprint density at radius 2 is 2.30 bits per heavy atom. The van der Waals surface area contributed by atoms with Crippen molar-refractivity contribution in [1.82, 2.24) is 4.90 Å². The molecule has 0 spiro atoms. The number of carbonyl (C=O) groups excluding carboxylic acids is 1. The van der Waals surface area contributed by atoms with E-state index in [0.29, 0.717) is 10.8 Å². The van der Waals surface area contributed by atoms with Gasteiger partial charge in [-0.25, -0.2) is 4.79 Å². The van der Waals surface area contributed by atoms with Crippen LogP contribution < -0.4 is 0 Å². The second-order valence-corrected chi connectivity index (χ2v) is 6.22. The Kier molecular flexibility index (Phi) is 4.35. The fraction of sp³-hybridized carbons (Fsp3) is 0.385. The van der Waals surface area contributed by atoms with Crippen molar-refractivity contribution < 1.29 is 19.4 Å². The summed E-state index contributed by atoms with van der Waals surface area (Å²) in [5.74, 6) is -0.924. The average molecular weight is 316 g/mol. The van der Waals surface area contributed by atoms with Crippen LogP contribution in [0.1, 0.15) is 5.56 Å². The summed E-state index contributed by atoms with van der Waals surface area (Å²) in [4.78, 5) is 24.5. The van der Waals surface area contributed by atoms with Crippen molar-refractivity contribution in [2.45, 2.75) is 6.42 Å². The van der Waals surface area contributed by atoms with Crippen molar-refractivity contribution in [2.24, 2.45) is 5.41 Å². The summed E-state index contributed by atoms with van der Waals surface area (Å²) < 4.78 is 5.47. The molecule has 1 aliphatic rings. The Morgan fingerprint density at radius 3 is 2.80 bits per heavy atom. The Hall–Kier alpha value is -1.53. The second kappa shape index (κ2) is 5.85. The minimum absolute atomic E-state index is 0.117. The van der Waals surface area contributed by atoms with Crippen LogP contribution in [-0.4, -0.2) is 41.8 Å². The van der Waals surface area contributed by atoms with Gasteiger partial charge >= 0.3 is 12.1 Å². The summed E-state index contributed by atoms with van der Waals surface area (Å²) in [6, 6.07) is 1.82. The number of rotatable bonds is 5. The summed E-state index contributed by atoms with van der Waals surface area (Å²) in [7, 11) is 0. The second-order valence-electron chi connectivity index (χ2n) is 4.70. The van der Waals surface area contributed by atoms with Crippen LogP contribution in [-0.2, 0) is 16.0 Å². The molecule has 0 aromatic carbocycles. The molecule has 0 atom stereocenters. The molecular formula is C13H14ClNO4S. The van der Waals surface area contributed by atoms with Gasteiger partial charge in [-0.05, 0) is 23.4 Å². The van der Waals surface area contributed by atoms with Crippen molar-refractivity contribution in [3.63, 3.8) is 0 Å². The van der Waals surface area contributed by atoms with Gasteiger partial charge in [-0.3, -0.25) is 4.79 Å². The molecule has 1 aliphatic heterocycles. The Labute approximate surface area is 125 Å². The van der Waals surface area contributed by atoms with Crippen LogP contribution in [0.3, 0.4) is 0 Å². The number of nitrogens with zero attached hydrogens (tertiary/aromatic N) is 1. The molecule has 1 amide bonds. The minimum Gasteiger partial charge on any atom is -0.481 e. The van der Waals surface area contributed by atoms with E-state index in [2.05, 4.69) is 6.58 Å². The summed E-state index contributed by atoms with van der Waals surface area (Å²) in [5.41, 5.74) is -0.170. The maximum absolute atomic E-state index is 11.6. The molecular weight excluding hydrogens is 302 g/mol. The van der Waals surface area contributed by atoms with Gasteiger partial charge in [-0.2, -0.15) is 0 Å². The highest BCUT2D eigenvalue weighted by molar-refractivity contribution is 7.14. The lowest BCUT2D eigenvalue weighted by molar-refractivity contribution is -0.158. The van der Waals surface area contributed by atoms with Gasteiger partial charge in [0.05, 0.1) is 4.34 Å². The third-order valence-corrected chi connectivity index (χ3v) is 4.50. The highest BCUT2D eigenvalue weighted by Gasteiger charge is 2.52. The number of carboxylic acid groups (broad SMARTS) is 1. The number of hydrogen-bond donors (Lipinski definition) is 1. The Balaban J connectivity index is 2.01. The molecule has 1 saturated heterocycles. The van der Waals surface area contributed by atoms with Gasteiger partial charge in [0.15, 0.2) is 0 Å². The van der Waals surface area contributed by atoms with Gasteiger partial charge in [-0.1, -0.05) is 24.3 Å². The topological polar surface area (TPSA) is 66.8 Å². The number of likely N-dealkylation sites (tertiary alicyclic amines) is 1. The highest BCUT2D eigenvalue weighted by Crippen LogP contribution is 2.38.